The number of carbonyl (C=O) groups excluding carboxylic acids is 3. The fraction of sp³-hybridized carbons (Fsp3) is 0.850. The van der Waals surface area contributed by atoms with E-state index >= 15 is 0 Å². The topological polar surface area (TPSA) is 75.7 Å². The fourth-order valence-electron chi connectivity index (χ4n) is 3.61. The predicted octanol–water partition coefficient (Wildman–Crippen LogP) is 2.94. The summed E-state index contributed by atoms with van der Waals surface area (Å²) in [5.41, 5.74) is 0. The van der Waals surface area contributed by atoms with E-state index < -0.39 is 0 Å². The van der Waals surface area contributed by atoms with Crippen molar-refractivity contribution in [2.24, 2.45) is 0 Å². The number of ether oxygens (including phenoxy) is 1. The van der Waals surface area contributed by atoms with Crippen LogP contribution in [0.15, 0.2) is 0 Å². The molecular formula is C20H34N2O4. The molecule has 1 N–H and O–H groups in total. The summed E-state index contributed by atoms with van der Waals surface area (Å²) >= 11 is 0. The smallest absolute Gasteiger partial charge is 0.229 e. The van der Waals surface area contributed by atoms with Crippen LogP contribution in [0.1, 0.15) is 83.5 Å². The number of nitrogens with zero attached hydrogens (tertiary/aromatic N) is 1. The Bertz CT molecular complexity index is 445. The molecule has 0 aromatic heterocycles. The van der Waals surface area contributed by atoms with Crippen LogP contribution in [0.2, 0.25) is 0 Å². The van der Waals surface area contributed by atoms with E-state index in [0.29, 0.717) is 32.4 Å². The second-order valence-corrected chi connectivity index (χ2v) is 7.46. The molecule has 0 radical (unpaired) electrons. The normalized spacial score (nSPS) is 20.2. The van der Waals surface area contributed by atoms with Crippen molar-refractivity contribution in [2.45, 2.75) is 89.6 Å². The van der Waals surface area contributed by atoms with Gasteiger partial charge < -0.3 is 10.1 Å². The van der Waals surface area contributed by atoms with Crippen LogP contribution in [0.4, 0.5) is 0 Å². The minimum absolute atomic E-state index is 0.00481. The van der Waals surface area contributed by atoms with Crippen LogP contribution in [0, 0.1) is 0 Å². The molecule has 2 saturated heterocycles. The van der Waals surface area contributed by atoms with Crippen LogP contribution in [0.5, 0.6) is 0 Å². The van der Waals surface area contributed by atoms with Gasteiger partial charge in [0.25, 0.3) is 0 Å². The molecule has 1 atom stereocenters. The number of carbonyl (C=O) groups is 3. The minimum Gasteiger partial charge on any atom is -0.376 e. The Morgan fingerprint density at radius 3 is 2.19 bits per heavy atom. The first-order valence-corrected chi connectivity index (χ1v) is 10.4. The highest BCUT2D eigenvalue weighted by atomic mass is 16.5. The fourth-order valence-corrected chi connectivity index (χ4v) is 3.61. The first-order chi connectivity index (χ1) is 12.7. The lowest BCUT2D eigenvalue weighted by Gasteiger charge is -2.13. The highest BCUT2D eigenvalue weighted by Crippen LogP contribution is 2.14. The first-order valence-electron chi connectivity index (χ1n) is 10.4. The summed E-state index contributed by atoms with van der Waals surface area (Å²) in [4.78, 5) is 36.1. The number of hydrogen-bond acceptors (Lipinski definition) is 4. The highest BCUT2D eigenvalue weighted by Gasteiger charge is 2.27. The number of unbranched alkanes of at least 4 members (excludes halogenated alkanes) is 7. The Morgan fingerprint density at radius 2 is 1.58 bits per heavy atom. The molecule has 0 spiro atoms. The van der Waals surface area contributed by atoms with Gasteiger partial charge in [0.2, 0.25) is 17.7 Å². The molecule has 0 bridgehead atoms. The summed E-state index contributed by atoms with van der Waals surface area (Å²) < 4.78 is 5.49. The van der Waals surface area contributed by atoms with Gasteiger partial charge in [-0.1, -0.05) is 38.5 Å². The van der Waals surface area contributed by atoms with Gasteiger partial charge in [-0.15, -0.1) is 0 Å². The standard InChI is InChI=1S/C20H34N2O4/c23-18(21-16-17-10-9-15-26-17)11-7-5-3-1-2-4-6-8-14-22-19(24)12-13-20(22)25/h17H,1-16H2,(H,21,23). The van der Waals surface area contributed by atoms with Crippen molar-refractivity contribution in [3.63, 3.8) is 0 Å². The molecule has 6 heteroatoms. The molecule has 2 aliphatic heterocycles. The van der Waals surface area contributed by atoms with E-state index in [1.807, 2.05) is 0 Å². The second-order valence-electron chi connectivity index (χ2n) is 7.46. The molecule has 0 aromatic rings. The average Bonchev–Trinajstić information content (AvgIpc) is 3.26. The Balaban J connectivity index is 1.33. The summed E-state index contributed by atoms with van der Waals surface area (Å²) in [5.74, 6) is 0.135. The monoisotopic (exact) mass is 366 g/mol. The Hall–Kier alpha value is -1.43. The molecule has 2 rings (SSSR count). The molecule has 2 fully saturated rings. The lowest BCUT2D eigenvalue weighted by atomic mass is 10.1. The number of likely N-dealkylation sites (tertiary alicyclic amines) is 1. The van der Waals surface area contributed by atoms with E-state index in [4.69, 9.17) is 4.74 Å². The predicted molar refractivity (Wildman–Crippen MR) is 99.5 cm³/mol. The van der Waals surface area contributed by atoms with E-state index in [-0.39, 0.29) is 23.8 Å². The van der Waals surface area contributed by atoms with Crippen molar-refractivity contribution >= 4 is 17.7 Å². The highest BCUT2D eigenvalue weighted by molar-refractivity contribution is 6.01. The van der Waals surface area contributed by atoms with Gasteiger partial charge in [0.05, 0.1) is 6.10 Å². The van der Waals surface area contributed by atoms with Gasteiger partial charge >= 0.3 is 0 Å². The summed E-state index contributed by atoms with van der Waals surface area (Å²) in [5, 5.41) is 2.96. The quantitative estimate of drug-likeness (QED) is 0.402. The van der Waals surface area contributed by atoms with Crippen LogP contribution < -0.4 is 5.32 Å². The summed E-state index contributed by atoms with van der Waals surface area (Å²) in [7, 11) is 0. The summed E-state index contributed by atoms with van der Waals surface area (Å²) in [6.07, 6.45) is 12.5. The van der Waals surface area contributed by atoms with Gasteiger partial charge in [-0.2, -0.15) is 0 Å². The molecule has 1 unspecified atom stereocenters. The molecule has 0 aliphatic carbocycles. The van der Waals surface area contributed by atoms with Crippen molar-refractivity contribution in [3.8, 4) is 0 Å². The lowest BCUT2D eigenvalue weighted by molar-refractivity contribution is -0.138. The molecule has 2 aliphatic rings. The average molecular weight is 367 g/mol. The largest absolute Gasteiger partial charge is 0.376 e. The van der Waals surface area contributed by atoms with Crippen LogP contribution in [0.3, 0.4) is 0 Å². The van der Waals surface area contributed by atoms with Crippen LogP contribution >= 0.6 is 0 Å². The maximum Gasteiger partial charge on any atom is 0.229 e. The van der Waals surface area contributed by atoms with Crippen molar-refractivity contribution < 1.29 is 19.1 Å². The molecule has 0 saturated carbocycles. The molecule has 6 nitrogen and oxygen atoms in total. The van der Waals surface area contributed by atoms with Gasteiger partial charge in [0.15, 0.2) is 0 Å². The molecule has 2 heterocycles. The van der Waals surface area contributed by atoms with Gasteiger partial charge in [-0.25, -0.2) is 0 Å². The van der Waals surface area contributed by atoms with E-state index in [2.05, 4.69) is 5.32 Å². The van der Waals surface area contributed by atoms with Gasteiger partial charge in [-0.05, 0) is 25.7 Å². The molecule has 3 amide bonds. The van der Waals surface area contributed by atoms with Gasteiger partial charge in [-0.3, -0.25) is 19.3 Å². The maximum absolute atomic E-state index is 11.7. The SMILES string of the molecule is O=C(CCCCCCCCCCN1C(=O)CCC1=O)NCC1CCCO1. The van der Waals surface area contributed by atoms with E-state index in [0.717, 1.165) is 51.6 Å². The minimum atomic E-state index is -0.00481. The Kier molecular flexibility index (Phi) is 9.67. The zero-order valence-electron chi connectivity index (χ0n) is 16.0. The second kappa shape index (κ2) is 12.0. The number of rotatable bonds is 13. The Morgan fingerprint density at radius 1 is 0.962 bits per heavy atom. The molecule has 26 heavy (non-hydrogen) atoms. The van der Waals surface area contributed by atoms with E-state index in [1.165, 1.54) is 24.2 Å². The number of imide groups is 1. The molecule has 148 valence electrons. The van der Waals surface area contributed by atoms with Gasteiger partial charge in [0, 0.05) is 39.0 Å². The van der Waals surface area contributed by atoms with Crippen molar-refractivity contribution in [1.82, 2.24) is 10.2 Å². The molecule has 0 aromatic carbocycles. The van der Waals surface area contributed by atoms with E-state index in [9.17, 15) is 14.4 Å². The number of nitrogens with one attached hydrogen (secondary N) is 1. The van der Waals surface area contributed by atoms with Crippen molar-refractivity contribution in [1.29, 1.82) is 0 Å². The zero-order valence-corrected chi connectivity index (χ0v) is 16.0. The lowest BCUT2D eigenvalue weighted by Crippen LogP contribution is -2.31. The summed E-state index contributed by atoms with van der Waals surface area (Å²) in [6.45, 7) is 2.08. The summed E-state index contributed by atoms with van der Waals surface area (Å²) in [6, 6.07) is 0. The van der Waals surface area contributed by atoms with Crippen LogP contribution in [-0.2, 0) is 19.1 Å². The third-order valence-electron chi connectivity index (χ3n) is 5.24. The third-order valence-corrected chi connectivity index (χ3v) is 5.24. The zero-order chi connectivity index (χ0) is 18.6. The van der Waals surface area contributed by atoms with Crippen LogP contribution in [-0.4, -0.2) is 48.4 Å². The first kappa shape index (κ1) is 20.9. The van der Waals surface area contributed by atoms with Crippen molar-refractivity contribution in [3.05, 3.63) is 0 Å². The van der Waals surface area contributed by atoms with Crippen molar-refractivity contribution in [2.75, 3.05) is 19.7 Å². The number of amides is 3. The maximum atomic E-state index is 11.7. The van der Waals surface area contributed by atoms with Gasteiger partial charge in [0.1, 0.15) is 0 Å². The van der Waals surface area contributed by atoms with E-state index in [1.54, 1.807) is 0 Å². The third kappa shape index (κ3) is 7.85. The van der Waals surface area contributed by atoms with Crippen LogP contribution in [0.25, 0.3) is 0 Å². The Labute approximate surface area is 157 Å². The molecular weight excluding hydrogens is 332 g/mol. The number of hydrogen-bond donors (Lipinski definition) is 1.